The van der Waals surface area contributed by atoms with Crippen molar-refractivity contribution in [1.82, 2.24) is 14.5 Å². The Morgan fingerprint density at radius 3 is 2.47 bits per heavy atom. The molecule has 8 heteroatoms. The van der Waals surface area contributed by atoms with E-state index in [9.17, 15) is 13.2 Å². The van der Waals surface area contributed by atoms with Crippen molar-refractivity contribution in [3.05, 3.63) is 12.4 Å². The van der Waals surface area contributed by atoms with E-state index in [1.807, 2.05) is 18.6 Å². The van der Waals surface area contributed by atoms with Gasteiger partial charge in [-0.25, -0.2) is 8.42 Å². The van der Waals surface area contributed by atoms with Crippen LogP contribution in [0.3, 0.4) is 0 Å². The van der Waals surface area contributed by atoms with Crippen molar-refractivity contribution < 1.29 is 18.3 Å². The molecule has 0 saturated carbocycles. The van der Waals surface area contributed by atoms with Crippen molar-refractivity contribution in [1.29, 1.82) is 0 Å². The van der Waals surface area contributed by atoms with E-state index in [1.165, 1.54) is 24.0 Å². The summed E-state index contributed by atoms with van der Waals surface area (Å²) in [7, 11) is -3.83. The van der Waals surface area contributed by atoms with E-state index in [1.54, 1.807) is 0 Å². The largest absolute Gasteiger partial charge is 0.480 e. The summed E-state index contributed by atoms with van der Waals surface area (Å²) in [6, 6.07) is -1.14. The number of nitrogens with zero attached hydrogens (tertiary/aromatic N) is 2. The fourth-order valence-corrected chi connectivity index (χ4v) is 2.23. The highest BCUT2D eigenvalue weighted by molar-refractivity contribution is 7.89. The predicted octanol–water partition coefficient (Wildman–Crippen LogP) is 0.215. The first kappa shape index (κ1) is 13.7. The van der Waals surface area contributed by atoms with Crippen LogP contribution in [0.25, 0.3) is 0 Å². The molecule has 0 aliphatic heterocycles. The molecule has 0 fully saturated rings. The lowest BCUT2D eigenvalue weighted by Crippen LogP contribution is -2.38. The Hall–Kier alpha value is -1.41. The molecule has 1 atom stereocenters. The lowest BCUT2D eigenvalue weighted by molar-refractivity contribution is -0.138. The van der Waals surface area contributed by atoms with Gasteiger partial charge in [0.2, 0.25) is 10.0 Å². The third-order valence-electron chi connectivity index (χ3n) is 2.12. The third-order valence-corrected chi connectivity index (χ3v) is 3.61. The average Bonchev–Trinajstić information content (AvgIpc) is 2.65. The molecule has 7 nitrogen and oxygen atoms in total. The second kappa shape index (κ2) is 4.84. The monoisotopic (exact) mass is 261 g/mol. The SMILES string of the molecule is CC(NS(=O)(=O)c1cnn(C(C)C)c1)C(=O)O. The average molecular weight is 261 g/mol. The van der Waals surface area contributed by atoms with Gasteiger partial charge in [-0.15, -0.1) is 0 Å². The Morgan fingerprint density at radius 1 is 1.47 bits per heavy atom. The summed E-state index contributed by atoms with van der Waals surface area (Å²) >= 11 is 0. The van der Waals surface area contributed by atoms with Crippen molar-refractivity contribution in [3.8, 4) is 0 Å². The number of hydrogen-bond acceptors (Lipinski definition) is 4. The maximum atomic E-state index is 11.8. The van der Waals surface area contributed by atoms with Crippen LogP contribution in [-0.2, 0) is 14.8 Å². The molecule has 1 aromatic rings. The molecular weight excluding hydrogens is 246 g/mol. The highest BCUT2D eigenvalue weighted by atomic mass is 32.2. The summed E-state index contributed by atoms with van der Waals surface area (Å²) in [5.74, 6) is -1.23. The molecule has 0 aromatic carbocycles. The molecule has 0 aliphatic carbocycles. The number of carboxylic acids is 1. The highest BCUT2D eigenvalue weighted by Crippen LogP contribution is 2.11. The quantitative estimate of drug-likeness (QED) is 0.789. The van der Waals surface area contributed by atoms with E-state index in [4.69, 9.17) is 5.11 Å². The van der Waals surface area contributed by atoms with E-state index in [-0.39, 0.29) is 10.9 Å². The summed E-state index contributed by atoms with van der Waals surface area (Å²) in [6.07, 6.45) is 2.55. The van der Waals surface area contributed by atoms with Gasteiger partial charge in [0.1, 0.15) is 10.9 Å². The zero-order valence-electron chi connectivity index (χ0n) is 9.78. The molecule has 1 rings (SSSR count). The van der Waals surface area contributed by atoms with Crippen LogP contribution in [0.5, 0.6) is 0 Å². The topological polar surface area (TPSA) is 101 Å². The van der Waals surface area contributed by atoms with Gasteiger partial charge in [-0.1, -0.05) is 0 Å². The lowest BCUT2D eigenvalue weighted by Gasteiger charge is -2.08. The van der Waals surface area contributed by atoms with Gasteiger partial charge < -0.3 is 5.11 Å². The maximum Gasteiger partial charge on any atom is 0.321 e. The molecule has 0 spiro atoms. The van der Waals surface area contributed by atoms with Gasteiger partial charge in [0.15, 0.2) is 0 Å². The summed E-state index contributed by atoms with van der Waals surface area (Å²) < 4.78 is 27.0. The van der Waals surface area contributed by atoms with Gasteiger partial charge in [0.25, 0.3) is 0 Å². The number of sulfonamides is 1. The molecule has 17 heavy (non-hydrogen) atoms. The van der Waals surface area contributed by atoms with Gasteiger partial charge in [-0.05, 0) is 20.8 Å². The summed E-state index contributed by atoms with van der Waals surface area (Å²) in [6.45, 7) is 4.97. The number of carbonyl (C=O) groups is 1. The van der Waals surface area contributed by atoms with Gasteiger partial charge in [-0.2, -0.15) is 9.82 Å². The normalized spacial score (nSPS) is 13.9. The van der Waals surface area contributed by atoms with Gasteiger partial charge in [-0.3, -0.25) is 9.48 Å². The number of hydrogen-bond donors (Lipinski definition) is 2. The lowest BCUT2D eigenvalue weighted by atomic mass is 10.4. The van der Waals surface area contributed by atoms with Crippen LogP contribution in [0.1, 0.15) is 26.8 Å². The Kier molecular flexibility index (Phi) is 3.89. The van der Waals surface area contributed by atoms with Gasteiger partial charge in [0, 0.05) is 12.2 Å². The molecule has 1 aromatic heterocycles. The molecular formula is C9H15N3O4S. The summed E-state index contributed by atoms with van der Waals surface area (Å²) in [5.41, 5.74) is 0. The summed E-state index contributed by atoms with van der Waals surface area (Å²) in [4.78, 5) is 10.5. The van der Waals surface area contributed by atoms with Crippen LogP contribution in [0.2, 0.25) is 0 Å². The fourth-order valence-electron chi connectivity index (χ4n) is 1.09. The Labute approximate surface area is 99.5 Å². The minimum Gasteiger partial charge on any atom is -0.480 e. The van der Waals surface area contributed by atoms with E-state index >= 15 is 0 Å². The minimum atomic E-state index is -3.83. The number of aliphatic carboxylic acids is 1. The first-order valence-electron chi connectivity index (χ1n) is 5.03. The van der Waals surface area contributed by atoms with Crippen LogP contribution in [0.15, 0.2) is 17.3 Å². The molecule has 0 bridgehead atoms. The predicted molar refractivity (Wildman–Crippen MR) is 60.0 cm³/mol. The number of aromatic nitrogens is 2. The fraction of sp³-hybridized carbons (Fsp3) is 0.556. The van der Waals surface area contributed by atoms with Crippen molar-refractivity contribution in [2.75, 3.05) is 0 Å². The van der Waals surface area contributed by atoms with Gasteiger partial charge in [0.05, 0.1) is 6.20 Å². The smallest absolute Gasteiger partial charge is 0.321 e. The number of carboxylic acid groups (broad SMARTS) is 1. The molecule has 2 N–H and O–H groups in total. The van der Waals surface area contributed by atoms with E-state index in [0.29, 0.717) is 0 Å². The Bertz CT molecular complexity index is 506. The molecule has 1 unspecified atom stereocenters. The van der Waals surface area contributed by atoms with Crippen LogP contribution in [-0.4, -0.2) is 35.3 Å². The first-order valence-corrected chi connectivity index (χ1v) is 6.51. The summed E-state index contributed by atoms with van der Waals surface area (Å²) in [5, 5.41) is 12.5. The second-order valence-corrected chi connectivity index (χ2v) is 5.64. The Morgan fingerprint density at radius 2 is 2.06 bits per heavy atom. The van der Waals surface area contributed by atoms with Crippen molar-refractivity contribution in [3.63, 3.8) is 0 Å². The van der Waals surface area contributed by atoms with Crippen molar-refractivity contribution >= 4 is 16.0 Å². The molecule has 0 amide bonds. The van der Waals surface area contributed by atoms with E-state index in [0.717, 1.165) is 0 Å². The van der Waals surface area contributed by atoms with Crippen LogP contribution < -0.4 is 4.72 Å². The minimum absolute atomic E-state index is 0.0378. The van der Waals surface area contributed by atoms with Crippen molar-refractivity contribution in [2.45, 2.75) is 37.8 Å². The van der Waals surface area contributed by atoms with Crippen molar-refractivity contribution in [2.24, 2.45) is 0 Å². The zero-order chi connectivity index (χ0) is 13.2. The number of nitrogens with one attached hydrogen (secondary N) is 1. The van der Waals surface area contributed by atoms with E-state index in [2.05, 4.69) is 5.10 Å². The molecule has 1 heterocycles. The van der Waals surface area contributed by atoms with Crippen LogP contribution in [0.4, 0.5) is 0 Å². The van der Waals surface area contributed by atoms with Gasteiger partial charge >= 0.3 is 5.97 Å². The van der Waals surface area contributed by atoms with E-state index < -0.39 is 22.0 Å². The Balaban J connectivity index is 2.93. The third kappa shape index (κ3) is 3.27. The van der Waals surface area contributed by atoms with Crippen LogP contribution in [0, 0.1) is 0 Å². The standard InChI is InChI=1S/C9H15N3O4S/c1-6(2)12-5-8(4-10-12)17(15,16)11-7(3)9(13)14/h4-7,11H,1-3H3,(H,13,14). The van der Waals surface area contributed by atoms with Crippen LogP contribution >= 0.6 is 0 Å². The second-order valence-electron chi connectivity index (χ2n) is 3.93. The molecule has 0 saturated heterocycles. The highest BCUT2D eigenvalue weighted by Gasteiger charge is 2.23. The molecule has 0 aliphatic rings. The molecule has 0 radical (unpaired) electrons. The zero-order valence-corrected chi connectivity index (χ0v) is 10.6. The number of rotatable bonds is 5. The molecule has 96 valence electrons. The maximum absolute atomic E-state index is 11.8. The first-order chi connectivity index (χ1) is 7.74.